The molecule has 0 aliphatic heterocycles. The molecule has 1 saturated carbocycles. The molecule has 0 heterocycles. The molecule has 82 valence electrons. The van der Waals surface area contributed by atoms with E-state index in [0.717, 1.165) is 18.4 Å². The molecule has 0 aromatic heterocycles. The highest BCUT2D eigenvalue weighted by molar-refractivity contribution is 6.31. The van der Waals surface area contributed by atoms with Crippen molar-refractivity contribution in [1.29, 1.82) is 0 Å². The Hall–Kier alpha value is -0.600. The molecule has 1 aromatic carbocycles. The van der Waals surface area contributed by atoms with Gasteiger partial charge < -0.3 is 5.73 Å². The van der Waals surface area contributed by atoms with Gasteiger partial charge in [0.05, 0.1) is 0 Å². The summed E-state index contributed by atoms with van der Waals surface area (Å²) < 4.78 is 13.1. The van der Waals surface area contributed by atoms with Crippen LogP contribution in [0.1, 0.15) is 37.1 Å². The normalized spacial score (nSPS) is 20.0. The van der Waals surface area contributed by atoms with Crippen molar-refractivity contribution in [2.24, 2.45) is 5.73 Å². The lowest BCUT2D eigenvalue weighted by atomic mass is 9.94. The van der Waals surface area contributed by atoms with Crippen molar-refractivity contribution in [3.05, 3.63) is 34.3 Å². The molecule has 2 rings (SSSR count). The minimum Gasteiger partial charge on any atom is -0.330 e. The monoisotopic (exact) mass is 227 g/mol. The summed E-state index contributed by atoms with van der Waals surface area (Å²) in [5.74, 6) is 0. The molecule has 0 saturated heterocycles. The van der Waals surface area contributed by atoms with Gasteiger partial charge in [0.25, 0.3) is 0 Å². The van der Waals surface area contributed by atoms with E-state index in [4.69, 9.17) is 17.3 Å². The zero-order valence-corrected chi connectivity index (χ0v) is 9.52. The molecule has 0 amide bonds. The second kappa shape index (κ2) is 3.76. The first kappa shape index (κ1) is 10.9. The number of alkyl halides is 1. The summed E-state index contributed by atoms with van der Waals surface area (Å²) in [6.07, 6.45) is 1.21. The van der Waals surface area contributed by atoms with Gasteiger partial charge in [0.1, 0.15) is 6.17 Å². The third-order valence-electron chi connectivity index (χ3n) is 3.27. The first-order valence-corrected chi connectivity index (χ1v) is 5.61. The van der Waals surface area contributed by atoms with Crippen molar-refractivity contribution in [2.45, 2.75) is 31.4 Å². The Morgan fingerprint density at radius 2 is 2.20 bits per heavy atom. The van der Waals surface area contributed by atoms with Crippen molar-refractivity contribution >= 4 is 11.6 Å². The Morgan fingerprint density at radius 3 is 2.60 bits per heavy atom. The van der Waals surface area contributed by atoms with Crippen LogP contribution in [-0.4, -0.2) is 6.54 Å². The predicted octanol–water partition coefficient (Wildman–Crippen LogP) is 3.36. The fourth-order valence-corrected chi connectivity index (χ4v) is 2.33. The third kappa shape index (κ3) is 1.88. The average Bonchev–Trinajstić information content (AvgIpc) is 2.98. The molecule has 0 bridgehead atoms. The van der Waals surface area contributed by atoms with Gasteiger partial charge in [-0.25, -0.2) is 4.39 Å². The van der Waals surface area contributed by atoms with E-state index in [-0.39, 0.29) is 5.41 Å². The first-order valence-electron chi connectivity index (χ1n) is 5.23. The molecule has 0 spiro atoms. The van der Waals surface area contributed by atoms with Crippen LogP contribution in [0.3, 0.4) is 0 Å². The minimum absolute atomic E-state index is 0.0785. The van der Waals surface area contributed by atoms with E-state index in [1.165, 1.54) is 6.92 Å². The highest BCUT2D eigenvalue weighted by Crippen LogP contribution is 2.49. The summed E-state index contributed by atoms with van der Waals surface area (Å²) in [5, 5.41) is 0.653. The van der Waals surface area contributed by atoms with Crippen LogP contribution in [0.25, 0.3) is 0 Å². The molecule has 0 radical (unpaired) electrons. The average molecular weight is 228 g/mol. The summed E-state index contributed by atoms with van der Waals surface area (Å²) in [5.41, 5.74) is 7.53. The van der Waals surface area contributed by atoms with Gasteiger partial charge >= 0.3 is 0 Å². The maximum atomic E-state index is 13.1. The van der Waals surface area contributed by atoms with E-state index < -0.39 is 6.17 Å². The quantitative estimate of drug-likeness (QED) is 0.842. The fraction of sp³-hybridized carbons (Fsp3) is 0.500. The molecule has 1 aliphatic carbocycles. The van der Waals surface area contributed by atoms with Crippen molar-refractivity contribution in [1.82, 2.24) is 0 Å². The maximum Gasteiger partial charge on any atom is 0.122 e. The van der Waals surface area contributed by atoms with E-state index in [1.54, 1.807) is 6.07 Å². The number of rotatable bonds is 3. The standard InChI is InChI=1S/C12H15ClFN/c1-8(14)9-2-3-10(11(13)6-9)12(7-15)4-5-12/h2-3,6,8H,4-5,7,15H2,1H3. The lowest BCUT2D eigenvalue weighted by molar-refractivity contribution is 0.374. The topological polar surface area (TPSA) is 26.0 Å². The molecule has 1 fully saturated rings. The Bertz CT molecular complexity index is 372. The van der Waals surface area contributed by atoms with E-state index in [9.17, 15) is 4.39 Å². The smallest absolute Gasteiger partial charge is 0.122 e. The van der Waals surface area contributed by atoms with Crippen LogP contribution in [0.2, 0.25) is 5.02 Å². The highest BCUT2D eigenvalue weighted by atomic mass is 35.5. The molecule has 15 heavy (non-hydrogen) atoms. The highest BCUT2D eigenvalue weighted by Gasteiger charge is 2.44. The Balaban J connectivity index is 2.35. The number of hydrogen-bond acceptors (Lipinski definition) is 1. The van der Waals surface area contributed by atoms with Crippen LogP contribution in [0.5, 0.6) is 0 Å². The van der Waals surface area contributed by atoms with E-state index in [2.05, 4.69) is 0 Å². The van der Waals surface area contributed by atoms with Gasteiger partial charge in [0.2, 0.25) is 0 Å². The molecule has 1 unspecified atom stereocenters. The van der Waals surface area contributed by atoms with Gasteiger partial charge in [0, 0.05) is 17.0 Å². The second-order valence-corrected chi connectivity index (χ2v) is 4.75. The van der Waals surface area contributed by atoms with Crippen LogP contribution in [-0.2, 0) is 5.41 Å². The summed E-state index contributed by atoms with van der Waals surface area (Å²) in [6, 6.07) is 5.45. The zero-order valence-electron chi connectivity index (χ0n) is 8.76. The van der Waals surface area contributed by atoms with E-state index in [1.807, 2.05) is 12.1 Å². The van der Waals surface area contributed by atoms with E-state index in [0.29, 0.717) is 17.1 Å². The third-order valence-corrected chi connectivity index (χ3v) is 3.58. The van der Waals surface area contributed by atoms with Gasteiger partial charge in [0.15, 0.2) is 0 Å². The molecular weight excluding hydrogens is 213 g/mol. The Kier molecular flexibility index (Phi) is 2.73. The largest absolute Gasteiger partial charge is 0.330 e. The zero-order chi connectivity index (χ0) is 11.1. The van der Waals surface area contributed by atoms with Crippen LogP contribution < -0.4 is 5.73 Å². The minimum atomic E-state index is -0.968. The number of benzene rings is 1. The molecule has 1 atom stereocenters. The van der Waals surface area contributed by atoms with Gasteiger partial charge in [-0.05, 0) is 37.0 Å². The maximum absolute atomic E-state index is 13.1. The molecule has 1 nitrogen and oxygen atoms in total. The van der Waals surface area contributed by atoms with Crippen molar-refractivity contribution in [3.8, 4) is 0 Å². The summed E-state index contributed by atoms with van der Waals surface area (Å²) in [6.45, 7) is 2.14. The van der Waals surface area contributed by atoms with Crippen LogP contribution in [0.4, 0.5) is 4.39 Å². The molecule has 1 aliphatic rings. The van der Waals surface area contributed by atoms with E-state index >= 15 is 0 Å². The molecule has 3 heteroatoms. The summed E-state index contributed by atoms with van der Waals surface area (Å²) in [4.78, 5) is 0. The van der Waals surface area contributed by atoms with Crippen LogP contribution >= 0.6 is 11.6 Å². The first-order chi connectivity index (χ1) is 7.09. The fourth-order valence-electron chi connectivity index (χ4n) is 1.94. The van der Waals surface area contributed by atoms with Crippen molar-refractivity contribution < 1.29 is 4.39 Å². The summed E-state index contributed by atoms with van der Waals surface area (Å²) >= 11 is 6.15. The second-order valence-electron chi connectivity index (χ2n) is 4.34. The summed E-state index contributed by atoms with van der Waals surface area (Å²) in [7, 11) is 0. The SMILES string of the molecule is CC(F)c1ccc(C2(CN)CC2)c(Cl)c1. The Morgan fingerprint density at radius 1 is 1.53 bits per heavy atom. The molecule has 2 N–H and O–H groups in total. The number of halogens is 2. The lowest BCUT2D eigenvalue weighted by Crippen LogP contribution is -2.20. The van der Waals surface area contributed by atoms with Gasteiger partial charge in [-0.3, -0.25) is 0 Å². The van der Waals surface area contributed by atoms with Crippen molar-refractivity contribution in [2.75, 3.05) is 6.54 Å². The van der Waals surface area contributed by atoms with Crippen molar-refractivity contribution in [3.63, 3.8) is 0 Å². The predicted molar refractivity (Wildman–Crippen MR) is 60.9 cm³/mol. The van der Waals surface area contributed by atoms with Gasteiger partial charge in [-0.2, -0.15) is 0 Å². The van der Waals surface area contributed by atoms with Crippen LogP contribution in [0.15, 0.2) is 18.2 Å². The van der Waals surface area contributed by atoms with Crippen LogP contribution in [0, 0.1) is 0 Å². The number of hydrogen-bond donors (Lipinski definition) is 1. The molecular formula is C12H15ClFN. The molecule has 1 aromatic rings. The van der Waals surface area contributed by atoms with Gasteiger partial charge in [-0.15, -0.1) is 0 Å². The van der Waals surface area contributed by atoms with Gasteiger partial charge in [-0.1, -0.05) is 23.7 Å². The number of nitrogens with two attached hydrogens (primary N) is 1. The Labute approximate surface area is 94.4 Å². The lowest BCUT2D eigenvalue weighted by Gasteiger charge is -2.15.